The van der Waals surface area contributed by atoms with Crippen molar-refractivity contribution in [3.05, 3.63) is 0 Å². The van der Waals surface area contributed by atoms with Crippen LogP contribution in [0.25, 0.3) is 0 Å². The van der Waals surface area contributed by atoms with Crippen molar-refractivity contribution in [1.29, 1.82) is 0 Å². The maximum atomic E-state index is 12.4. The fourth-order valence-electron chi connectivity index (χ4n) is 2.52. The molecular formula is C10H18F2N2. The topological polar surface area (TPSA) is 15.3 Å². The predicted octanol–water partition coefficient (Wildman–Crippen LogP) is 1.33. The van der Waals surface area contributed by atoms with Gasteiger partial charge in [0.2, 0.25) is 6.43 Å². The molecule has 0 bridgehead atoms. The third-order valence-electron chi connectivity index (χ3n) is 3.44. The van der Waals surface area contributed by atoms with Gasteiger partial charge in [-0.2, -0.15) is 0 Å². The lowest BCUT2D eigenvalue weighted by Crippen LogP contribution is -2.42. The van der Waals surface area contributed by atoms with E-state index in [1.807, 2.05) is 0 Å². The molecule has 82 valence electrons. The quantitative estimate of drug-likeness (QED) is 0.730. The number of likely N-dealkylation sites (tertiary alicyclic amines) is 1. The van der Waals surface area contributed by atoms with Gasteiger partial charge in [-0.1, -0.05) is 0 Å². The molecule has 2 aliphatic heterocycles. The van der Waals surface area contributed by atoms with E-state index in [1.54, 1.807) is 0 Å². The highest BCUT2D eigenvalue weighted by Crippen LogP contribution is 2.26. The fraction of sp³-hybridized carbons (Fsp3) is 1.00. The Kier molecular flexibility index (Phi) is 3.34. The molecule has 1 atom stereocenters. The summed E-state index contributed by atoms with van der Waals surface area (Å²) in [4.78, 5) is 2.26. The molecule has 4 heteroatoms. The highest BCUT2D eigenvalue weighted by Gasteiger charge is 2.33. The Balaban J connectivity index is 1.82. The number of halogens is 2. The van der Waals surface area contributed by atoms with E-state index in [1.165, 1.54) is 0 Å². The minimum atomic E-state index is -2.12. The number of piperidine rings is 1. The maximum Gasteiger partial charge on any atom is 0.242 e. The molecule has 0 spiro atoms. The molecule has 0 amide bonds. The molecule has 0 aromatic carbocycles. The molecule has 0 saturated carbocycles. The molecule has 2 saturated heterocycles. The van der Waals surface area contributed by atoms with Crippen molar-refractivity contribution in [1.82, 2.24) is 10.2 Å². The van der Waals surface area contributed by atoms with Gasteiger partial charge in [-0.25, -0.2) is 8.78 Å². The average molecular weight is 204 g/mol. The molecule has 2 nitrogen and oxygen atoms in total. The molecular weight excluding hydrogens is 186 g/mol. The van der Waals surface area contributed by atoms with Crippen LogP contribution in [0.3, 0.4) is 0 Å². The fourth-order valence-corrected chi connectivity index (χ4v) is 2.52. The largest absolute Gasteiger partial charge is 0.317 e. The summed E-state index contributed by atoms with van der Waals surface area (Å²) in [7, 11) is 0. The number of nitrogens with one attached hydrogen (secondary N) is 1. The van der Waals surface area contributed by atoms with Crippen molar-refractivity contribution in [3.8, 4) is 0 Å². The number of hydrogen-bond acceptors (Lipinski definition) is 2. The highest BCUT2D eigenvalue weighted by atomic mass is 19.3. The van der Waals surface area contributed by atoms with Crippen LogP contribution in [-0.4, -0.2) is 43.5 Å². The Morgan fingerprint density at radius 1 is 1.14 bits per heavy atom. The zero-order chi connectivity index (χ0) is 9.97. The first-order valence-electron chi connectivity index (χ1n) is 5.50. The van der Waals surface area contributed by atoms with Crippen molar-refractivity contribution in [2.45, 2.75) is 31.7 Å². The number of hydrogen-bond donors (Lipinski definition) is 1. The van der Waals surface area contributed by atoms with E-state index in [0.29, 0.717) is 19.0 Å². The second-order valence-electron chi connectivity index (χ2n) is 4.36. The average Bonchev–Trinajstić information content (AvgIpc) is 2.68. The van der Waals surface area contributed by atoms with Crippen molar-refractivity contribution in [2.24, 2.45) is 5.92 Å². The van der Waals surface area contributed by atoms with Crippen LogP contribution in [0, 0.1) is 5.92 Å². The first-order valence-corrected chi connectivity index (χ1v) is 5.50. The van der Waals surface area contributed by atoms with Crippen LogP contribution in [0.5, 0.6) is 0 Å². The third-order valence-corrected chi connectivity index (χ3v) is 3.44. The summed E-state index contributed by atoms with van der Waals surface area (Å²) in [5, 5.41) is 3.30. The van der Waals surface area contributed by atoms with Crippen LogP contribution in [-0.2, 0) is 0 Å². The molecule has 14 heavy (non-hydrogen) atoms. The van der Waals surface area contributed by atoms with Gasteiger partial charge in [-0.3, -0.25) is 4.90 Å². The Bertz CT molecular complexity index is 181. The van der Waals surface area contributed by atoms with Gasteiger partial charge in [0.05, 0.1) is 0 Å². The molecule has 2 aliphatic rings. The first kappa shape index (κ1) is 10.3. The highest BCUT2D eigenvalue weighted by molar-refractivity contribution is 4.85. The van der Waals surface area contributed by atoms with Crippen molar-refractivity contribution in [2.75, 3.05) is 26.2 Å². The van der Waals surface area contributed by atoms with Crippen molar-refractivity contribution >= 4 is 0 Å². The molecule has 0 aromatic heterocycles. The van der Waals surface area contributed by atoms with Crippen molar-refractivity contribution in [3.63, 3.8) is 0 Å². The summed E-state index contributed by atoms with van der Waals surface area (Å²) in [5.41, 5.74) is 0. The Hall–Kier alpha value is -0.220. The zero-order valence-electron chi connectivity index (χ0n) is 8.38. The van der Waals surface area contributed by atoms with Crippen LogP contribution in [0.2, 0.25) is 0 Å². The second-order valence-corrected chi connectivity index (χ2v) is 4.36. The van der Waals surface area contributed by atoms with Gasteiger partial charge in [0, 0.05) is 18.5 Å². The molecule has 0 unspecified atom stereocenters. The summed E-state index contributed by atoms with van der Waals surface area (Å²) >= 11 is 0. The molecule has 2 fully saturated rings. The van der Waals surface area contributed by atoms with Crippen LogP contribution in [0.15, 0.2) is 0 Å². The molecule has 0 aromatic rings. The minimum Gasteiger partial charge on any atom is -0.317 e. The minimum absolute atomic E-state index is 0.370. The third kappa shape index (κ3) is 2.23. The van der Waals surface area contributed by atoms with Crippen LogP contribution in [0.1, 0.15) is 19.3 Å². The molecule has 2 heterocycles. The molecule has 0 aliphatic carbocycles. The van der Waals surface area contributed by atoms with Gasteiger partial charge in [0.1, 0.15) is 0 Å². The lowest BCUT2D eigenvalue weighted by Gasteiger charge is -2.31. The number of alkyl halides is 2. The van der Waals surface area contributed by atoms with Gasteiger partial charge in [0.25, 0.3) is 0 Å². The Labute approximate surface area is 83.7 Å². The molecule has 2 rings (SSSR count). The van der Waals surface area contributed by atoms with E-state index < -0.39 is 6.43 Å². The van der Waals surface area contributed by atoms with E-state index in [-0.39, 0.29) is 5.92 Å². The number of rotatable bonds is 2. The van der Waals surface area contributed by atoms with E-state index in [9.17, 15) is 8.78 Å². The van der Waals surface area contributed by atoms with Gasteiger partial charge in [-0.15, -0.1) is 0 Å². The summed E-state index contributed by atoms with van der Waals surface area (Å²) in [6.45, 7) is 3.57. The monoisotopic (exact) mass is 204 g/mol. The smallest absolute Gasteiger partial charge is 0.242 e. The Morgan fingerprint density at radius 3 is 2.43 bits per heavy atom. The van der Waals surface area contributed by atoms with Crippen LogP contribution < -0.4 is 5.32 Å². The summed E-state index contributed by atoms with van der Waals surface area (Å²) in [6.07, 6.45) is 0.801. The lowest BCUT2D eigenvalue weighted by molar-refractivity contribution is 0.0751. The zero-order valence-corrected chi connectivity index (χ0v) is 8.38. The van der Waals surface area contributed by atoms with E-state index >= 15 is 0 Å². The predicted molar refractivity (Wildman–Crippen MR) is 51.6 cm³/mol. The van der Waals surface area contributed by atoms with E-state index in [0.717, 1.165) is 32.5 Å². The van der Waals surface area contributed by atoms with E-state index in [4.69, 9.17) is 0 Å². The summed E-state index contributed by atoms with van der Waals surface area (Å²) in [6, 6.07) is 0.556. The van der Waals surface area contributed by atoms with Crippen LogP contribution in [0.4, 0.5) is 8.78 Å². The van der Waals surface area contributed by atoms with Crippen LogP contribution >= 0.6 is 0 Å². The summed E-state index contributed by atoms with van der Waals surface area (Å²) in [5.74, 6) is -0.370. The lowest BCUT2D eigenvalue weighted by atomic mass is 10.1. The van der Waals surface area contributed by atoms with Gasteiger partial charge in [0.15, 0.2) is 0 Å². The number of nitrogens with zero attached hydrogens (tertiary/aromatic N) is 1. The summed E-state index contributed by atoms with van der Waals surface area (Å²) < 4.78 is 24.9. The van der Waals surface area contributed by atoms with Crippen molar-refractivity contribution < 1.29 is 8.78 Å². The maximum absolute atomic E-state index is 12.4. The molecule has 0 radical (unpaired) electrons. The Morgan fingerprint density at radius 2 is 1.86 bits per heavy atom. The standard InChI is InChI=1S/C10H18F2N2/c11-10(12)8-3-6-14(7-8)9-1-4-13-5-2-9/h8-10,13H,1-7H2/t8-/m0/s1. The van der Waals surface area contributed by atoms with Gasteiger partial charge >= 0.3 is 0 Å². The molecule has 1 N–H and O–H groups in total. The van der Waals surface area contributed by atoms with Gasteiger partial charge in [-0.05, 0) is 38.9 Å². The second kappa shape index (κ2) is 4.53. The first-order chi connectivity index (χ1) is 6.77. The normalized spacial score (nSPS) is 31.5. The van der Waals surface area contributed by atoms with Gasteiger partial charge < -0.3 is 5.32 Å². The SMILES string of the molecule is FC(F)[C@H]1CCN(C2CCNCC2)C1. The van der Waals surface area contributed by atoms with E-state index in [2.05, 4.69) is 10.2 Å².